The van der Waals surface area contributed by atoms with Gasteiger partial charge in [-0.3, -0.25) is 4.57 Å². The lowest BCUT2D eigenvalue weighted by Gasteiger charge is -2.09. The van der Waals surface area contributed by atoms with E-state index in [4.69, 9.17) is 0 Å². The highest BCUT2D eigenvalue weighted by atomic mass is 32.2. The highest BCUT2D eigenvalue weighted by Gasteiger charge is 2.31. The van der Waals surface area contributed by atoms with Crippen molar-refractivity contribution in [2.75, 3.05) is 0 Å². The molecule has 2 heterocycles. The molecule has 6 heteroatoms. The van der Waals surface area contributed by atoms with E-state index in [-0.39, 0.29) is 0 Å². The molecule has 0 amide bonds. The first-order valence-corrected chi connectivity index (χ1v) is 8.41. The number of benzene rings is 1. The summed E-state index contributed by atoms with van der Waals surface area (Å²) in [4.78, 5) is 4.37. The molecule has 4 rings (SSSR count). The fourth-order valence-corrected chi connectivity index (χ4v) is 3.43. The highest BCUT2D eigenvalue weighted by molar-refractivity contribution is 7.98. The van der Waals surface area contributed by atoms with Crippen molar-refractivity contribution in [3.63, 3.8) is 0 Å². The number of rotatable bonds is 5. The van der Waals surface area contributed by atoms with Crippen LogP contribution in [0.15, 0.2) is 47.9 Å². The quantitative estimate of drug-likeness (QED) is 0.679. The van der Waals surface area contributed by atoms with E-state index in [1.54, 1.807) is 11.8 Å². The van der Waals surface area contributed by atoms with E-state index in [0.29, 0.717) is 5.92 Å². The number of hydrogen-bond acceptors (Lipinski definition) is 4. The maximum absolute atomic E-state index is 4.44. The molecule has 0 N–H and O–H groups in total. The largest absolute Gasteiger partial charge is 0.337 e. The molecule has 5 nitrogen and oxygen atoms in total. The summed E-state index contributed by atoms with van der Waals surface area (Å²) in [7, 11) is 2.01. The molecule has 0 spiro atoms. The first kappa shape index (κ1) is 13.6. The molecule has 0 saturated heterocycles. The van der Waals surface area contributed by atoms with Gasteiger partial charge in [-0.1, -0.05) is 30.0 Å². The van der Waals surface area contributed by atoms with Crippen molar-refractivity contribution < 1.29 is 0 Å². The van der Waals surface area contributed by atoms with Gasteiger partial charge in [0.1, 0.15) is 11.6 Å². The van der Waals surface area contributed by atoms with Crippen molar-refractivity contribution in [3.8, 4) is 5.69 Å². The molecule has 0 aliphatic heterocycles. The summed E-state index contributed by atoms with van der Waals surface area (Å²) < 4.78 is 4.24. The number of nitrogens with zero attached hydrogens (tertiary/aromatic N) is 5. The zero-order chi connectivity index (χ0) is 14.9. The summed E-state index contributed by atoms with van der Waals surface area (Å²) in [5, 5.41) is 9.80. The van der Waals surface area contributed by atoms with Gasteiger partial charge < -0.3 is 4.57 Å². The van der Waals surface area contributed by atoms with Crippen LogP contribution in [0.4, 0.5) is 0 Å². The monoisotopic (exact) mass is 311 g/mol. The van der Waals surface area contributed by atoms with E-state index in [9.17, 15) is 0 Å². The Bertz CT molecular complexity index is 773. The van der Waals surface area contributed by atoms with Gasteiger partial charge in [0.15, 0.2) is 5.16 Å². The fourth-order valence-electron chi connectivity index (χ4n) is 2.47. The maximum atomic E-state index is 4.44. The summed E-state index contributed by atoms with van der Waals surface area (Å²) in [6.07, 6.45) is 6.23. The number of thioether (sulfide) groups is 1. The molecule has 1 fully saturated rings. The summed E-state index contributed by atoms with van der Waals surface area (Å²) >= 11 is 1.69. The van der Waals surface area contributed by atoms with Gasteiger partial charge in [-0.05, 0) is 25.0 Å². The lowest BCUT2D eigenvalue weighted by molar-refractivity contribution is 0.822. The lowest BCUT2D eigenvalue weighted by Crippen LogP contribution is -2.02. The minimum absolute atomic E-state index is 0.565. The van der Waals surface area contributed by atoms with Crippen LogP contribution in [0, 0.1) is 0 Å². The van der Waals surface area contributed by atoms with Crippen LogP contribution in [0.3, 0.4) is 0 Å². The average Bonchev–Trinajstić information content (AvgIpc) is 3.18. The van der Waals surface area contributed by atoms with E-state index in [0.717, 1.165) is 28.2 Å². The van der Waals surface area contributed by atoms with Gasteiger partial charge in [-0.25, -0.2) is 4.98 Å². The van der Waals surface area contributed by atoms with E-state index in [2.05, 4.69) is 44.0 Å². The Balaban J connectivity index is 1.66. The SMILES string of the molecule is Cn1ccnc1CSc1nnc(C2CC2)n1-c1ccccc1. The van der Waals surface area contributed by atoms with Gasteiger partial charge in [0.05, 0.1) is 5.75 Å². The molecular weight excluding hydrogens is 294 g/mol. The van der Waals surface area contributed by atoms with E-state index in [1.807, 2.05) is 30.1 Å². The molecule has 1 aliphatic carbocycles. The van der Waals surface area contributed by atoms with E-state index >= 15 is 0 Å². The molecule has 0 radical (unpaired) electrons. The minimum atomic E-state index is 0.565. The molecular formula is C16H17N5S. The topological polar surface area (TPSA) is 48.5 Å². The Kier molecular flexibility index (Phi) is 3.46. The summed E-state index contributed by atoms with van der Waals surface area (Å²) in [5.41, 5.74) is 1.14. The van der Waals surface area contributed by atoms with Crippen molar-refractivity contribution in [1.82, 2.24) is 24.3 Å². The highest BCUT2D eigenvalue weighted by Crippen LogP contribution is 2.41. The fraction of sp³-hybridized carbons (Fsp3) is 0.312. The first-order chi connectivity index (χ1) is 10.8. The number of hydrogen-bond donors (Lipinski definition) is 0. The molecule has 22 heavy (non-hydrogen) atoms. The number of imidazole rings is 1. The standard InChI is InChI=1S/C16H17N5S/c1-20-10-9-17-14(20)11-22-16-19-18-15(12-7-8-12)21(16)13-5-3-2-4-6-13/h2-6,9-10,12H,7-8,11H2,1H3. The number of para-hydroxylation sites is 1. The van der Waals surface area contributed by atoms with E-state index in [1.165, 1.54) is 12.8 Å². The molecule has 0 bridgehead atoms. The lowest BCUT2D eigenvalue weighted by atomic mass is 10.3. The molecule has 1 saturated carbocycles. The second kappa shape index (κ2) is 5.61. The van der Waals surface area contributed by atoms with Crippen molar-refractivity contribution >= 4 is 11.8 Å². The van der Waals surface area contributed by atoms with Crippen LogP contribution in [0.25, 0.3) is 5.69 Å². The summed E-state index contributed by atoms with van der Waals surface area (Å²) in [6, 6.07) is 10.4. The Morgan fingerprint density at radius 1 is 1.18 bits per heavy atom. The van der Waals surface area contributed by atoms with Crippen LogP contribution in [-0.2, 0) is 12.8 Å². The number of aryl methyl sites for hydroxylation is 1. The average molecular weight is 311 g/mol. The summed E-state index contributed by atoms with van der Waals surface area (Å²) in [5.74, 6) is 3.49. The van der Waals surface area contributed by atoms with Gasteiger partial charge >= 0.3 is 0 Å². The Hall–Kier alpha value is -2.08. The van der Waals surface area contributed by atoms with Gasteiger partial charge in [-0.2, -0.15) is 0 Å². The van der Waals surface area contributed by atoms with Gasteiger partial charge in [0.25, 0.3) is 0 Å². The molecule has 1 aliphatic rings. The van der Waals surface area contributed by atoms with Crippen molar-refractivity contribution in [1.29, 1.82) is 0 Å². The van der Waals surface area contributed by atoms with Crippen LogP contribution < -0.4 is 0 Å². The van der Waals surface area contributed by atoms with Crippen LogP contribution in [-0.4, -0.2) is 24.3 Å². The predicted octanol–water partition coefficient (Wildman–Crippen LogP) is 3.17. The van der Waals surface area contributed by atoms with Gasteiger partial charge in [0.2, 0.25) is 0 Å². The maximum Gasteiger partial charge on any atom is 0.196 e. The van der Waals surface area contributed by atoms with Crippen molar-refractivity contribution in [3.05, 3.63) is 54.4 Å². The van der Waals surface area contributed by atoms with Crippen LogP contribution in [0.5, 0.6) is 0 Å². The third kappa shape index (κ3) is 2.54. The predicted molar refractivity (Wildman–Crippen MR) is 86.1 cm³/mol. The molecule has 1 aromatic carbocycles. The molecule has 0 unspecified atom stereocenters. The molecule has 2 aromatic heterocycles. The van der Waals surface area contributed by atoms with Crippen LogP contribution in [0.2, 0.25) is 0 Å². The van der Waals surface area contributed by atoms with Crippen LogP contribution in [0.1, 0.15) is 30.4 Å². The Morgan fingerprint density at radius 2 is 2.00 bits per heavy atom. The third-order valence-corrected chi connectivity index (χ3v) is 4.79. The Morgan fingerprint density at radius 3 is 2.68 bits per heavy atom. The minimum Gasteiger partial charge on any atom is -0.337 e. The zero-order valence-electron chi connectivity index (χ0n) is 12.4. The van der Waals surface area contributed by atoms with Gasteiger partial charge in [0, 0.05) is 31.0 Å². The smallest absolute Gasteiger partial charge is 0.196 e. The van der Waals surface area contributed by atoms with Crippen LogP contribution >= 0.6 is 11.8 Å². The normalized spacial score (nSPS) is 14.4. The first-order valence-electron chi connectivity index (χ1n) is 7.42. The zero-order valence-corrected chi connectivity index (χ0v) is 13.2. The second-order valence-corrected chi connectivity index (χ2v) is 6.47. The van der Waals surface area contributed by atoms with Crippen molar-refractivity contribution in [2.24, 2.45) is 7.05 Å². The second-order valence-electron chi connectivity index (χ2n) is 5.53. The van der Waals surface area contributed by atoms with Crippen molar-refractivity contribution in [2.45, 2.75) is 29.7 Å². The molecule has 3 aromatic rings. The summed E-state index contributed by atoms with van der Waals surface area (Å²) in [6.45, 7) is 0. The number of aromatic nitrogens is 5. The molecule has 112 valence electrons. The molecule has 0 atom stereocenters. The Labute approximate surface area is 133 Å². The van der Waals surface area contributed by atoms with E-state index < -0.39 is 0 Å². The third-order valence-electron chi connectivity index (χ3n) is 3.87. The van der Waals surface area contributed by atoms with Gasteiger partial charge in [-0.15, -0.1) is 10.2 Å².